The van der Waals surface area contributed by atoms with Gasteiger partial charge in [-0.15, -0.1) is 0 Å². The van der Waals surface area contributed by atoms with E-state index in [2.05, 4.69) is 10.0 Å². The minimum Gasteiger partial charge on any atom is -0.449 e. The number of nitrogens with one attached hydrogen (secondary N) is 2. The first kappa shape index (κ1) is 23.4. The van der Waals surface area contributed by atoms with Crippen LogP contribution in [0.5, 0.6) is 0 Å². The smallest absolute Gasteiger partial charge is 0.338 e. The first-order chi connectivity index (χ1) is 14.0. The van der Waals surface area contributed by atoms with Crippen LogP contribution in [0.3, 0.4) is 0 Å². The standard InChI is InChI=1S/C21H27N3O5S/c1-14(2)23-30(27,28)19-11-9-17(10-12-19)22-20(25)15(3)29-21(26)16-7-6-8-18(13-16)24(4)5/h6-15,23H,1-5H3,(H,22,25)/t15-/m0/s1. The molecule has 0 unspecified atom stereocenters. The quantitative estimate of drug-likeness (QED) is 0.620. The van der Waals surface area contributed by atoms with E-state index in [1.54, 1.807) is 32.0 Å². The molecule has 2 rings (SSSR count). The highest BCUT2D eigenvalue weighted by Crippen LogP contribution is 2.17. The van der Waals surface area contributed by atoms with Gasteiger partial charge < -0.3 is 15.0 Å². The SMILES string of the molecule is CC(C)NS(=O)(=O)c1ccc(NC(=O)[C@H](C)OC(=O)c2cccc(N(C)C)c2)cc1. The maximum atomic E-state index is 12.4. The van der Waals surface area contributed by atoms with Crippen LogP contribution in [0.25, 0.3) is 0 Å². The normalized spacial score (nSPS) is 12.3. The molecule has 0 aliphatic carbocycles. The Morgan fingerprint density at radius 1 is 1.00 bits per heavy atom. The van der Waals surface area contributed by atoms with Crippen molar-refractivity contribution < 1.29 is 22.7 Å². The van der Waals surface area contributed by atoms with Gasteiger partial charge >= 0.3 is 5.97 Å². The van der Waals surface area contributed by atoms with Gasteiger partial charge in [0.1, 0.15) is 0 Å². The topological polar surface area (TPSA) is 105 Å². The van der Waals surface area contributed by atoms with Crippen LogP contribution in [0.2, 0.25) is 0 Å². The molecule has 9 heteroatoms. The molecular formula is C21H27N3O5S. The number of esters is 1. The summed E-state index contributed by atoms with van der Waals surface area (Å²) < 4.78 is 32.0. The molecule has 162 valence electrons. The van der Waals surface area contributed by atoms with E-state index in [-0.39, 0.29) is 10.9 Å². The molecule has 2 aromatic carbocycles. The molecule has 8 nitrogen and oxygen atoms in total. The number of hydrogen-bond acceptors (Lipinski definition) is 6. The van der Waals surface area contributed by atoms with Gasteiger partial charge in [0.05, 0.1) is 10.5 Å². The summed E-state index contributed by atoms with van der Waals surface area (Å²) in [4.78, 5) is 26.6. The number of hydrogen-bond donors (Lipinski definition) is 2. The van der Waals surface area contributed by atoms with Crippen molar-refractivity contribution >= 4 is 33.3 Å². The van der Waals surface area contributed by atoms with Crippen LogP contribution in [0.4, 0.5) is 11.4 Å². The maximum absolute atomic E-state index is 12.4. The number of amides is 1. The van der Waals surface area contributed by atoms with Gasteiger partial charge in [-0.25, -0.2) is 17.9 Å². The predicted molar refractivity (Wildman–Crippen MR) is 116 cm³/mol. The van der Waals surface area contributed by atoms with Crippen LogP contribution in [-0.4, -0.2) is 46.5 Å². The Hall–Kier alpha value is -2.91. The molecule has 1 atom stereocenters. The molecule has 0 saturated carbocycles. The largest absolute Gasteiger partial charge is 0.449 e. The molecule has 0 aliphatic rings. The van der Waals surface area contributed by atoms with Gasteiger partial charge in [0.2, 0.25) is 10.0 Å². The number of carbonyl (C=O) groups excluding carboxylic acids is 2. The summed E-state index contributed by atoms with van der Waals surface area (Å²) in [6.45, 7) is 4.92. The number of sulfonamides is 1. The van der Waals surface area contributed by atoms with Gasteiger partial charge in [0.25, 0.3) is 5.91 Å². The van der Waals surface area contributed by atoms with Crippen molar-refractivity contribution in [3.8, 4) is 0 Å². The minimum absolute atomic E-state index is 0.0921. The molecule has 0 spiro atoms. The van der Waals surface area contributed by atoms with E-state index < -0.39 is 28.0 Å². The molecule has 0 radical (unpaired) electrons. The van der Waals surface area contributed by atoms with Crippen LogP contribution >= 0.6 is 0 Å². The fourth-order valence-corrected chi connectivity index (χ4v) is 3.78. The van der Waals surface area contributed by atoms with Crippen molar-refractivity contribution in [2.75, 3.05) is 24.3 Å². The summed E-state index contributed by atoms with van der Waals surface area (Å²) in [6.07, 6.45) is -1.04. The van der Waals surface area contributed by atoms with E-state index in [1.807, 2.05) is 25.1 Å². The second-order valence-electron chi connectivity index (χ2n) is 7.28. The van der Waals surface area contributed by atoms with Gasteiger partial charge in [0.15, 0.2) is 6.10 Å². The lowest BCUT2D eigenvalue weighted by molar-refractivity contribution is -0.123. The summed E-state index contributed by atoms with van der Waals surface area (Å²) >= 11 is 0. The lowest BCUT2D eigenvalue weighted by Crippen LogP contribution is -2.30. The maximum Gasteiger partial charge on any atom is 0.338 e. The highest BCUT2D eigenvalue weighted by Gasteiger charge is 2.20. The summed E-state index contributed by atoms with van der Waals surface area (Å²) in [7, 11) is 0.101. The number of rotatable bonds is 8. The van der Waals surface area contributed by atoms with Gasteiger partial charge in [-0.05, 0) is 63.2 Å². The molecule has 0 fully saturated rings. The average molecular weight is 434 g/mol. The molecule has 0 bridgehead atoms. The molecule has 2 aromatic rings. The van der Waals surface area contributed by atoms with Crippen LogP contribution in [0.1, 0.15) is 31.1 Å². The van der Waals surface area contributed by atoms with Crippen molar-refractivity contribution in [2.45, 2.75) is 37.8 Å². The Morgan fingerprint density at radius 3 is 2.20 bits per heavy atom. The Morgan fingerprint density at radius 2 is 1.63 bits per heavy atom. The zero-order valence-electron chi connectivity index (χ0n) is 17.7. The lowest BCUT2D eigenvalue weighted by atomic mass is 10.2. The van der Waals surface area contributed by atoms with E-state index >= 15 is 0 Å². The number of nitrogens with zero attached hydrogens (tertiary/aromatic N) is 1. The van der Waals surface area contributed by atoms with E-state index in [0.717, 1.165) is 5.69 Å². The van der Waals surface area contributed by atoms with Crippen molar-refractivity contribution in [3.63, 3.8) is 0 Å². The highest BCUT2D eigenvalue weighted by molar-refractivity contribution is 7.89. The molecule has 0 aromatic heterocycles. The van der Waals surface area contributed by atoms with Crippen molar-refractivity contribution in [2.24, 2.45) is 0 Å². The Labute approximate surface area is 177 Å². The molecular weight excluding hydrogens is 406 g/mol. The molecule has 0 saturated heterocycles. The number of anilines is 2. The van der Waals surface area contributed by atoms with Crippen molar-refractivity contribution in [3.05, 3.63) is 54.1 Å². The third kappa shape index (κ3) is 6.30. The van der Waals surface area contributed by atoms with Crippen LogP contribution < -0.4 is 14.9 Å². The second kappa shape index (κ2) is 9.73. The predicted octanol–water partition coefficient (Wildman–Crippen LogP) is 2.62. The number of carbonyl (C=O) groups is 2. The van der Waals surface area contributed by atoms with Crippen LogP contribution in [0, 0.1) is 0 Å². The minimum atomic E-state index is -3.61. The van der Waals surface area contributed by atoms with Gasteiger partial charge in [0, 0.05) is 31.5 Å². The number of benzene rings is 2. The second-order valence-corrected chi connectivity index (χ2v) is 9.00. The van der Waals surface area contributed by atoms with E-state index in [0.29, 0.717) is 11.3 Å². The molecule has 0 aliphatic heterocycles. The van der Waals surface area contributed by atoms with E-state index in [4.69, 9.17) is 4.74 Å². The first-order valence-corrected chi connectivity index (χ1v) is 10.9. The Kier molecular flexibility index (Phi) is 7.58. The van der Waals surface area contributed by atoms with Crippen LogP contribution in [-0.2, 0) is 19.6 Å². The summed E-state index contributed by atoms with van der Waals surface area (Å²) in [5.41, 5.74) is 1.57. The van der Waals surface area contributed by atoms with Crippen molar-refractivity contribution in [1.82, 2.24) is 4.72 Å². The van der Waals surface area contributed by atoms with Gasteiger partial charge in [-0.1, -0.05) is 6.07 Å². The van der Waals surface area contributed by atoms with Gasteiger partial charge in [-0.3, -0.25) is 4.79 Å². The third-order valence-electron chi connectivity index (χ3n) is 4.07. The zero-order chi connectivity index (χ0) is 22.5. The molecule has 0 heterocycles. The van der Waals surface area contributed by atoms with Crippen molar-refractivity contribution in [1.29, 1.82) is 0 Å². The molecule has 2 N–H and O–H groups in total. The van der Waals surface area contributed by atoms with E-state index in [9.17, 15) is 18.0 Å². The summed E-state index contributed by atoms with van der Waals surface area (Å²) in [6, 6.07) is 12.4. The first-order valence-electron chi connectivity index (χ1n) is 9.41. The summed E-state index contributed by atoms with van der Waals surface area (Å²) in [5, 5.41) is 2.61. The fraction of sp³-hybridized carbons (Fsp3) is 0.333. The molecule has 1 amide bonds. The summed E-state index contributed by atoms with van der Waals surface area (Å²) in [5.74, 6) is -1.13. The average Bonchev–Trinajstić information content (AvgIpc) is 2.67. The fourth-order valence-electron chi connectivity index (χ4n) is 2.53. The third-order valence-corrected chi connectivity index (χ3v) is 5.75. The molecule has 30 heavy (non-hydrogen) atoms. The Balaban J connectivity index is 2.00. The van der Waals surface area contributed by atoms with Crippen LogP contribution in [0.15, 0.2) is 53.4 Å². The Bertz CT molecular complexity index is 1000. The highest BCUT2D eigenvalue weighted by atomic mass is 32.2. The van der Waals surface area contributed by atoms with Gasteiger partial charge in [-0.2, -0.15) is 0 Å². The monoisotopic (exact) mass is 433 g/mol. The number of ether oxygens (including phenoxy) is 1. The lowest BCUT2D eigenvalue weighted by Gasteiger charge is -2.16. The zero-order valence-corrected chi connectivity index (χ0v) is 18.5. The van der Waals surface area contributed by atoms with E-state index in [1.165, 1.54) is 31.2 Å².